The lowest BCUT2D eigenvalue weighted by Crippen LogP contribution is -2.51. The summed E-state index contributed by atoms with van der Waals surface area (Å²) in [5.74, 6) is 0. The van der Waals surface area contributed by atoms with E-state index in [0.29, 0.717) is 5.56 Å². The Bertz CT molecular complexity index is 767. The van der Waals surface area contributed by atoms with E-state index in [9.17, 15) is 23.3 Å². The molecule has 0 bridgehead atoms. The van der Waals surface area contributed by atoms with Gasteiger partial charge < -0.3 is 19.7 Å². The van der Waals surface area contributed by atoms with Crippen molar-refractivity contribution in [2.45, 2.75) is 38.2 Å². The summed E-state index contributed by atoms with van der Waals surface area (Å²) < 4.78 is 32.4. The molecule has 10 heteroatoms. The number of hydrogen-bond donors (Lipinski definition) is 2. The molecular weight excluding hydrogens is 359 g/mol. The Hall–Kier alpha value is -1.62. The fourth-order valence-electron chi connectivity index (χ4n) is 2.63. The van der Waals surface area contributed by atoms with Crippen LogP contribution in [0.4, 0.5) is 4.79 Å². The van der Waals surface area contributed by atoms with Gasteiger partial charge in [-0.1, -0.05) is 12.1 Å². The predicted molar refractivity (Wildman–Crippen MR) is 97.6 cm³/mol. The highest BCUT2D eigenvalue weighted by molar-refractivity contribution is 7.89. The maximum absolute atomic E-state index is 12.9. The second kappa shape index (κ2) is 7.55. The Labute approximate surface area is 154 Å². The average molecular weight is 384 g/mol. The van der Waals surface area contributed by atoms with E-state index in [1.807, 2.05) is 0 Å². The highest BCUT2D eigenvalue weighted by Gasteiger charge is 2.33. The molecule has 0 aromatic heterocycles. The summed E-state index contributed by atoms with van der Waals surface area (Å²) in [6.07, 6.45) is -0.462. The first kappa shape index (κ1) is 20.7. The lowest BCUT2D eigenvalue weighted by molar-refractivity contribution is 0.0192. The van der Waals surface area contributed by atoms with Crippen molar-refractivity contribution in [3.63, 3.8) is 0 Å². The molecule has 144 valence electrons. The number of hydrogen-bond acceptors (Lipinski definition) is 6. The molecule has 1 fully saturated rings. The first-order valence-corrected chi connectivity index (χ1v) is 9.80. The van der Waals surface area contributed by atoms with Crippen molar-refractivity contribution in [2.75, 3.05) is 26.2 Å². The molecular formula is C16H25BN2O6S. The Kier molecular flexibility index (Phi) is 6.01. The van der Waals surface area contributed by atoms with Crippen LogP contribution in [0.1, 0.15) is 26.3 Å². The zero-order valence-electron chi connectivity index (χ0n) is 15.5. The first-order valence-electron chi connectivity index (χ1n) is 8.36. The highest BCUT2D eigenvalue weighted by Crippen LogP contribution is 2.21. The van der Waals surface area contributed by atoms with Crippen LogP contribution in [0.15, 0.2) is 23.1 Å². The molecule has 1 saturated heterocycles. The third-order valence-electron chi connectivity index (χ3n) is 4.02. The van der Waals surface area contributed by atoms with Crippen molar-refractivity contribution in [2.24, 2.45) is 0 Å². The number of aryl methyl sites for hydroxylation is 1. The molecule has 2 rings (SSSR count). The number of benzene rings is 1. The molecule has 0 unspecified atom stereocenters. The second-order valence-electron chi connectivity index (χ2n) is 7.27. The van der Waals surface area contributed by atoms with Gasteiger partial charge in [-0.05, 0) is 44.8 Å². The summed E-state index contributed by atoms with van der Waals surface area (Å²) >= 11 is 0. The van der Waals surface area contributed by atoms with Crippen LogP contribution in [-0.2, 0) is 14.8 Å². The van der Waals surface area contributed by atoms with Gasteiger partial charge in [-0.2, -0.15) is 4.31 Å². The molecule has 26 heavy (non-hydrogen) atoms. The van der Waals surface area contributed by atoms with Gasteiger partial charge in [0.1, 0.15) is 5.60 Å². The third-order valence-corrected chi connectivity index (χ3v) is 6.06. The van der Waals surface area contributed by atoms with Gasteiger partial charge in [0.25, 0.3) is 0 Å². The van der Waals surface area contributed by atoms with Crippen LogP contribution in [0, 0.1) is 6.92 Å². The summed E-state index contributed by atoms with van der Waals surface area (Å²) in [6, 6.07) is 4.29. The van der Waals surface area contributed by atoms with Gasteiger partial charge in [0.05, 0.1) is 4.90 Å². The molecule has 0 spiro atoms. The fraction of sp³-hybridized carbons (Fsp3) is 0.562. The Balaban J connectivity index is 2.13. The minimum absolute atomic E-state index is 0.0359. The van der Waals surface area contributed by atoms with E-state index in [1.54, 1.807) is 33.8 Å². The van der Waals surface area contributed by atoms with E-state index < -0.39 is 28.8 Å². The summed E-state index contributed by atoms with van der Waals surface area (Å²) in [7, 11) is -5.54. The molecule has 1 aromatic rings. The lowest BCUT2D eigenvalue weighted by Gasteiger charge is -2.35. The number of amides is 1. The second-order valence-corrected chi connectivity index (χ2v) is 9.18. The Morgan fingerprint density at radius 1 is 1.15 bits per heavy atom. The molecule has 0 aliphatic carbocycles. The fourth-order valence-corrected chi connectivity index (χ4v) is 4.31. The van der Waals surface area contributed by atoms with Crippen molar-refractivity contribution >= 4 is 28.7 Å². The number of sulfonamides is 1. The van der Waals surface area contributed by atoms with Crippen LogP contribution >= 0.6 is 0 Å². The van der Waals surface area contributed by atoms with Gasteiger partial charge in [-0.3, -0.25) is 0 Å². The van der Waals surface area contributed by atoms with Crippen LogP contribution in [0.25, 0.3) is 0 Å². The van der Waals surface area contributed by atoms with Gasteiger partial charge in [-0.15, -0.1) is 0 Å². The van der Waals surface area contributed by atoms with Crippen molar-refractivity contribution < 1.29 is 28.0 Å². The highest BCUT2D eigenvalue weighted by atomic mass is 32.2. The van der Waals surface area contributed by atoms with E-state index in [1.165, 1.54) is 21.3 Å². The largest absolute Gasteiger partial charge is 0.488 e. The first-order chi connectivity index (χ1) is 11.9. The van der Waals surface area contributed by atoms with E-state index in [2.05, 4.69) is 0 Å². The molecule has 0 atom stereocenters. The number of carbonyl (C=O) groups excluding carboxylic acids is 1. The van der Waals surface area contributed by atoms with Crippen LogP contribution < -0.4 is 5.46 Å². The summed E-state index contributed by atoms with van der Waals surface area (Å²) in [6.45, 7) is 7.73. The van der Waals surface area contributed by atoms with E-state index in [0.717, 1.165) is 0 Å². The SMILES string of the molecule is Cc1ccc(B(O)O)cc1S(=O)(=O)N1CCN(C(=O)OC(C)(C)C)CC1. The van der Waals surface area contributed by atoms with Gasteiger partial charge in [0, 0.05) is 26.2 Å². The van der Waals surface area contributed by atoms with Gasteiger partial charge in [0.15, 0.2) is 0 Å². The molecule has 0 radical (unpaired) electrons. The maximum atomic E-state index is 12.9. The van der Waals surface area contributed by atoms with E-state index in [-0.39, 0.29) is 36.5 Å². The normalized spacial score (nSPS) is 16.5. The van der Waals surface area contributed by atoms with Crippen LogP contribution in [0.2, 0.25) is 0 Å². The van der Waals surface area contributed by atoms with Crippen LogP contribution in [-0.4, -0.2) is 72.7 Å². The summed E-state index contributed by atoms with van der Waals surface area (Å²) in [4.78, 5) is 13.6. The zero-order valence-corrected chi connectivity index (χ0v) is 16.3. The zero-order chi connectivity index (χ0) is 19.7. The predicted octanol–water partition coefficient (Wildman–Crippen LogP) is -0.0838. The molecule has 1 heterocycles. The number of piperazine rings is 1. The van der Waals surface area contributed by atoms with E-state index >= 15 is 0 Å². The van der Waals surface area contributed by atoms with Crippen LogP contribution in [0.5, 0.6) is 0 Å². The summed E-state index contributed by atoms with van der Waals surface area (Å²) in [5.41, 5.74) is 0.0220. The molecule has 1 amide bonds. The summed E-state index contributed by atoms with van der Waals surface area (Å²) in [5, 5.41) is 18.6. The Morgan fingerprint density at radius 3 is 2.23 bits per heavy atom. The monoisotopic (exact) mass is 384 g/mol. The van der Waals surface area contributed by atoms with Gasteiger partial charge in [0.2, 0.25) is 10.0 Å². The smallest absolute Gasteiger partial charge is 0.444 e. The topological polar surface area (TPSA) is 107 Å². The third kappa shape index (κ3) is 4.76. The minimum Gasteiger partial charge on any atom is -0.444 e. The lowest BCUT2D eigenvalue weighted by atomic mass is 9.80. The Morgan fingerprint density at radius 2 is 1.73 bits per heavy atom. The van der Waals surface area contributed by atoms with Crippen molar-refractivity contribution in [3.05, 3.63) is 23.8 Å². The van der Waals surface area contributed by atoms with E-state index in [4.69, 9.17) is 4.74 Å². The quantitative estimate of drug-likeness (QED) is 0.706. The van der Waals surface area contributed by atoms with Crippen LogP contribution in [0.3, 0.4) is 0 Å². The molecule has 1 aliphatic heterocycles. The average Bonchev–Trinajstić information content (AvgIpc) is 2.53. The standard InChI is InChI=1S/C16H25BN2O6S/c1-12-5-6-13(17(21)22)11-14(12)26(23,24)19-9-7-18(8-10-19)15(20)25-16(2,3)4/h5-6,11,21-22H,7-10H2,1-4H3. The number of ether oxygens (including phenoxy) is 1. The molecule has 1 aliphatic rings. The maximum Gasteiger partial charge on any atom is 0.488 e. The van der Waals surface area contributed by atoms with Gasteiger partial charge in [-0.25, -0.2) is 13.2 Å². The minimum atomic E-state index is -3.80. The van der Waals surface area contributed by atoms with Crippen molar-refractivity contribution in [1.29, 1.82) is 0 Å². The number of nitrogens with zero attached hydrogens (tertiary/aromatic N) is 2. The van der Waals surface area contributed by atoms with Gasteiger partial charge >= 0.3 is 13.2 Å². The molecule has 0 saturated carbocycles. The number of rotatable bonds is 3. The molecule has 2 N–H and O–H groups in total. The molecule has 1 aromatic carbocycles. The van der Waals surface area contributed by atoms with Crippen molar-refractivity contribution in [3.8, 4) is 0 Å². The van der Waals surface area contributed by atoms with Crippen molar-refractivity contribution in [1.82, 2.24) is 9.21 Å². The number of carbonyl (C=O) groups is 1. The molecule has 8 nitrogen and oxygen atoms in total.